The van der Waals surface area contributed by atoms with Crippen LogP contribution in [0, 0.1) is 0 Å². The topological polar surface area (TPSA) is 84.2 Å². The van der Waals surface area contributed by atoms with E-state index in [0.717, 1.165) is 0 Å². The van der Waals surface area contributed by atoms with E-state index >= 15 is 0 Å². The Hall–Kier alpha value is -1.86. The number of carbonyl (C=O) groups is 1. The predicted octanol–water partition coefficient (Wildman–Crippen LogP) is 2.17. The molecule has 0 saturated heterocycles. The van der Waals surface area contributed by atoms with Crippen LogP contribution < -0.4 is 10.9 Å². The van der Waals surface area contributed by atoms with Crippen LogP contribution in [0.15, 0.2) is 34.2 Å². The first-order chi connectivity index (χ1) is 11.7. The Bertz CT molecular complexity index is 811. The number of rotatable bonds is 6. The minimum absolute atomic E-state index is 0.0105. The van der Waals surface area contributed by atoms with Crippen molar-refractivity contribution in [2.75, 3.05) is 6.61 Å². The summed E-state index contributed by atoms with van der Waals surface area (Å²) in [6.45, 7) is 7.92. The van der Waals surface area contributed by atoms with Gasteiger partial charge in [-0.3, -0.25) is 14.2 Å². The molecule has 0 fully saturated rings. The van der Waals surface area contributed by atoms with E-state index in [1.165, 1.54) is 11.8 Å². The molecular formula is C18H25N3O3S. The highest BCUT2D eigenvalue weighted by Gasteiger charge is 2.22. The van der Waals surface area contributed by atoms with E-state index in [9.17, 15) is 9.59 Å². The first kappa shape index (κ1) is 19.5. The van der Waals surface area contributed by atoms with Crippen molar-refractivity contribution >= 4 is 28.6 Å². The van der Waals surface area contributed by atoms with Gasteiger partial charge in [-0.15, -0.1) is 0 Å². The Morgan fingerprint density at radius 3 is 2.68 bits per heavy atom. The number of aliphatic hydroxyl groups is 1. The molecule has 0 spiro atoms. The van der Waals surface area contributed by atoms with Crippen LogP contribution >= 0.6 is 11.8 Å². The van der Waals surface area contributed by atoms with Crippen LogP contribution in [0.4, 0.5) is 0 Å². The summed E-state index contributed by atoms with van der Waals surface area (Å²) < 4.78 is 1.55. The lowest BCUT2D eigenvalue weighted by atomic mass is 10.1. The molecule has 0 bridgehead atoms. The maximum atomic E-state index is 12.8. The van der Waals surface area contributed by atoms with Crippen LogP contribution in [0.25, 0.3) is 10.9 Å². The fraction of sp³-hybridized carbons (Fsp3) is 0.500. The summed E-state index contributed by atoms with van der Waals surface area (Å²) >= 11 is 1.26. The SMILES string of the molecule is CC(Sc1nc2ccccc2c(=O)n1CCCO)C(=O)NC(C)(C)C. The normalized spacial score (nSPS) is 13.0. The zero-order valence-electron chi connectivity index (χ0n) is 15.1. The Morgan fingerprint density at radius 1 is 1.36 bits per heavy atom. The number of thioether (sulfide) groups is 1. The molecule has 7 heteroatoms. The van der Waals surface area contributed by atoms with Crippen LogP contribution in [0.1, 0.15) is 34.1 Å². The molecule has 0 aliphatic rings. The van der Waals surface area contributed by atoms with E-state index < -0.39 is 5.25 Å². The lowest BCUT2D eigenvalue weighted by Crippen LogP contribution is -2.44. The standard InChI is InChI=1S/C18H25N3O3S/c1-12(15(23)20-18(2,3)4)25-17-19-14-9-6-5-8-13(14)16(24)21(17)10-7-11-22/h5-6,8-9,12,22H,7,10-11H2,1-4H3,(H,20,23). The van der Waals surface area contributed by atoms with E-state index in [-0.39, 0.29) is 23.6 Å². The van der Waals surface area contributed by atoms with Crippen LogP contribution in [-0.4, -0.2) is 38.0 Å². The number of amides is 1. The number of para-hydroxylation sites is 1. The van der Waals surface area contributed by atoms with Crippen LogP contribution in [0.2, 0.25) is 0 Å². The number of fused-ring (bicyclic) bond motifs is 1. The van der Waals surface area contributed by atoms with Crippen molar-refractivity contribution < 1.29 is 9.90 Å². The third-order valence-corrected chi connectivity index (χ3v) is 4.61. The van der Waals surface area contributed by atoms with Crippen molar-refractivity contribution in [1.82, 2.24) is 14.9 Å². The van der Waals surface area contributed by atoms with Crippen LogP contribution in [0.5, 0.6) is 0 Å². The van der Waals surface area contributed by atoms with E-state index in [1.807, 2.05) is 26.8 Å². The summed E-state index contributed by atoms with van der Waals surface area (Å²) in [6.07, 6.45) is 0.454. The average molecular weight is 363 g/mol. The number of aliphatic hydroxyl groups excluding tert-OH is 1. The molecule has 0 radical (unpaired) electrons. The average Bonchev–Trinajstić information content (AvgIpc) is 2.53. The summed E-state index contributed by atoms with van der Waals surface area (Å²) in [7, 11) is 0. The minimum atomic E-state index is -0.396. The number of hydrogen-bond acceptors (Lipinski definition) is 5. The molecule has 6 nitrogen and oxygen atoms in total. The van der Waals surface area contributed by atoms with Gasteiger partial charge in [-0.2, -0.15) is 0 Å². The Balaban J connectivity index is 2.38. The maximum Gasteiger partial charge on any atom is 0.262 e. The molecular weight excluding hydrogens is 338 g/mol. The minimum Gasteiger partial charge on any atom is -0.396 e. The van der Waals surface area contributed by atoms with Gasteiger partial charge >= 0.3 is 0 Å². The molecule has 2 rings (SSSR count). The first-order valence-electron chi connectivity index (χ1n) is 8.32. The summed E-state index contributed by atoms with van der Waals surface area (Å²) in [5.74, 6) is -0.103. The summed E-state index contributed by atoms with van der Waals surface area (Å²) in [5, 5.41) is 12.7. The number of carbonyl (C=O) groups excluding carboxylic acids is 1. The lowest BCUT2D eigenvalue weighted by Gasteiger charge is -2.23. The van der Waals surface area contributed by atoms with Gasteiger partial charge in [0.05, 0.1) is 16.2 Å². The largest absolute Gasteiger partial charge is 0.396 e. The van der Waals surface area contributed by atoms with E-state index in [4.69, 9.17) is 5.11 Å². The highest BCUT2D eigenvalue weighted by molar-refractivity contribution is 8.00. The van der Waals surface area contributed by atoms with Gasteiger partial charge in [0.25, 0.3) is 5.56 Å². The predicted molar refractivity (Wildman–Crippen MR) is 101 cm³/mol. The van der Waals surface area contributed by atoms with Crippen LogP contribution in [0.3, 0.4) is 0 Å². The zero-order chi connectivity index (χ0) is 18.6. The quantitative estimate of drug-likeness (QED) is 0.607. The van der Waals surface area contributed by atoms with Gasteiger partial charge in [0, 0.05) is 18.7 Å². The molecule has 1 heterocycles. The van der Waals surface area contributed by atoms with Gasteiger partial charge < -0.3 is 10.4 Å². The van der Waals surface area contributed by atoms with Gasteiger partial charge in [0.1, 0.15) is 0 Å². The van der Waals surface area contributed by atoms with Gasteiger partial charge in [-0.05, 0) is 46.2 Å². The molecule has 0 saturated carbocycles. The third-order valence-electron chi connectivity index (χ3n) is 3.52. The highest BCUT2D eigenvalue weighted by Crippen LogP contribution is 2.23. The number of benzene rings is 1. The lowest BCUT2D eigenvalue weighted by molar-refractivity contribution is -0.121. The first-order valence-corrected chi connectivity index (χ1v) is 9.20. The molecule has 2 aromatic rings. The molecule has 25 heavy (non-hydrogen) atoms. The molecule has 1 amide bonds. The van der Waals surface area contributed by atoms with E-state index in [1.54, 1.807) is 29.7 Å². The van der Waals surface area contributed by atoms with E-state index in [2.05, 4.69) is 10.3 Å². The molecule has 0 aliphatic carbocycles. The van der Waals surface area contributed by atoms with Crippen molar-refractivity contribution in [2.24, 2.45) is 0 Å². The second-order valence-electron chi connectivity index (χ2n) is 6.94. The van der Waals surface area contributed by atoms with Gasteiger partial charge in [0.2, 0.25) is 5.91 Å². The Kier molecular flexibility index (Phi) is 6.24. The molecule has 136 valence electrons. The zero-order valence-corrected chi connectivity index (χ0v) is 15.9. The second kappa shape index (κ2) is 8.01. The molecule has 1 unspecified atom stereocenters. The number of nitrogens with zero attached hydrogens (tertiary/aromatic N) is 2. The fourth-order valence-electron chi connectivity index (χ4n) is 2.35. The molecule has 1 aromatic carbocycles. The van der Waals surface area contributed by atoms with Crippen molar-refractivity contribution in [3.63, 3.8) is 0 Å². The highest BCUT2D eigenvalue weighted by atomic mass is 32.2. The third kappa shape index (κ3) is 5.06. The molecule has 0 aliphatic heterocycles. The number of hydrogen-bond donors (Lipinski definition) is 2. The molecule has 2 N–H and O–H groups in total. The van der Waals surface area contributed by atoms with Gasteiger partial charge in [-0.1, -0.05) is 23.9 Å². The summed E-state index contributed by atoms with van der Waals surface area (Å²) in [4.78, 5) is 29.7. The van der Waals surface area contributed by atoms with Crippen molar-refractivity contribution in [2.45, 2.75) is 56.6 Å². The second-order valence-corrected chi connectivity index (χ2v) is 8.25. The number of aromatic nitrogens is 2. The number of nitrogens with one attached hydrogen (secondary N) is 1. The Morgan fingerprint density at radius 2 is 2.04 bits per heavy atom. The van der Waals surface area contributed by atoms with Crippen molar-refractivity contribution in [3.05, 3.63) is 34.6 Å². The smallest absolute Gasteiger partial charge is 0.262 e. The van der Waals surface area contributed by atoms with Crippen molar-refractivity contribution in [1.29, 1.82) is 0 Å². The van der Waals surface area contributed by atoms with Crippen LogP contribution in [-0.2, 0) is 11.3 Å². The van der Waals surface area contributed by atoms with Crippen molar-refractivity contribution in [3.8, 4) is 0 Å². The van der Waals surface area contributed by atoms with Gasteiger partial charge in [-0.25, -0.2) is 4.98 Å². The van der Waals surface area contributed by atoms with Gasteiger partial charge in [0.15, 0.2) is 5.16 Å². The Labute approximate surface area is 151 Å². The molecule has 1 aromatic heterocycles. The van der Waals surface area contributed by atoms with E-state index in [0.29, 0.717) is 29.0 Å². The maximum absolute atomic E-state index is 12.8. The molecule has 1 atom stereocenters. The summed E-state index contributed by atoms with van der Waals surface area (Å²) in [6, 6.07) is 7.16. The monoisotopic (exact) mass is 363 g/mol. The fourth-order valence-corrected chi connectivity index (χ4v) is 3.28. The summed E-state index contributed by atoms with van der Waals surface area (Å²) in [5.41, 5.74) is 0.142.